The lowest BCUT2D eigenvalue weighted by Crippen LogP contribution is -2.25. The maximum atomic E-state index is 13.0. The van der Waals surface area contributed by atoms with Crippen molar-refractivity contribution in [1.29, 1.82) is 0 Å². The van der Waals surface area contributed by atoms with Gasteiger partial charge in [-0.1, -0.05) is 18.5 Å². The highest BCUT2D eigenvalue weighted by atomic mass is 16.6. The summed E-state index contributed by atoms with van der Waals surface area (Å²) >= 11 is 0. The number of oxime groups is 1. The molecule has 6 nitrogen and oxygen atoms in total. The van der Waals surface area contributed by atoms with Crippen molar-refractivity contribution in [2.75, 3.05) is 13.2 Å². The molecule has 1 aromatic carbocycles. The summed E-state index contributed by atoms with van der Waals surface area (Å²) in [5.41, 5.74) is 5.20. The third-order valence-corrected chi connectivity index (χ3v) is 5.87. The van der Waals surface area contributed by atoms with Gasteiger partial charge in [0.2, 0.25) is 5.78 Å². The molecule has 1 unspecified atom stereocenters. The second-order valence-electron chi connectivity index (χ2n) is 7.76. The molecule has 0 bridgehead atoms. The van der Waals surface area contributed by atoms with Gasteiger partial charge in [-0.15, -0.1) is 0 Å². The Morgan fingerprint density at radius 3 is 2.45 bits per heavy atom. The number of Topliss-reactive ketones (excluding diaryl/α,β-unsaturated/α-hetero) is 2. The van der Waals surface area contributed by atoms with Gasteiger partial charge in [-0.2, -0.15) is 0 Å². The summed E-state index contributed by atoms with van der Waals surface area (Å²) in [4.78, 5) is 30.5. The molecule has 1 aliphatic heterocycles. The molecule has 1 aliphatic carbocycles. The monoisotopic (exact) mass is 399 g/mol. The van der Waals surface area contributed by atoms with E-state index in [1.807, 2.05) is 34.6 Å². The van der Waals surface area contributed by atoms with Crippen LogP contribution in [0, 0.1) is 20.8 Å². The van der Waals surface area contributed by atoms with Crippen LogP contribution in [0.4, 0.5) is 0 Å². The quantitative estimate of drug-likeness (QED) is 0.556. The minimum Gasteiger partial charge on any atom is -0.511 e. The van der Waals surface area contributed by atoms with Crippen molar-refractivity contribution in [3.8, 4) is 5.75 Å². The fraction of sp³-hybridized carbons (Fsp3) is 0.522. The zero-order valence-corrected chi connectivity index (χ0v) is 17.8. The van der Waals surface area contributed by atoms with Crippen molar-refractivity contribution in [3.63, 3.8) is 0 Å². The number of aliphatic hydroxyl groups is 1. The van der Waals surface area contributed by atoms with Crippen LogP contribution in [-0.2, 0) is 9.63 Å². The highest BCUT2D eigenvalue weighted by Gasteiger charge is 2.36. The van der Waals surface area contributed by atoms with Crippen LogP contribution < -0.4 is 4.74 Å². The molecular weight excluding hydrogens is 370 g/mol. The number of allylic oxidation sites excluding steroid dienone is 2. The van der Waals surface area contributed by atoms with E-state index in [1.54, 1.807) is 0 Å². The first-order valence-corrected chi connectivity index (χ1v) is 10.3. The Balaban J connectivity index is 2.04. The van der Waals surface area contributed by atoms with Gasteiger partial charge in [0.05, 0.1) is 16.8 Å². The zero-order chi connectivity index (χ0) is 21.3. The number of fused-ring (bicyclic) bond motifs is 1. The molecule has 1 aromatic rings. The summed E-state index contributed by atoms with van der Waals surface area (Å²) in [6.45, 7) is 10.1. The van der Waals surface area contributed by atoms with E-state index < -0.39 is 0 Å². The number of aliphatic hydroxyl groups excluding tert-OH is 1. The van der Waals surface area contributed by atoms with Crippen LogP contribution in [-0.4, -0.2) is 35.6 Å². The molecule has 6 heteroatoms. The van der Waals surface area contributed by atoms with E-state index in [1.165, 1.54) is 0 Å². The average Bonchev–Trinajstić information content (AvgIpc) is 3.06. The summed E-state index contributed by atoms with van der Waals surface area (Å²) in [6, 6.07) is 0. The van der Waals surface area contributed by atoms with Gasteiger partial charge in [-0.05, 0) is 62.3 Å². The predicted molar refractivity (Wildman–Crippen MR) is 111 cm³/mol. The number of rotatable bonds is 6. The first-order chi connectivity index (χ1) is 13.8. The number of hydrogen-bond acceptors (Lipinski definition) is 6. The molecule has 3 rings (SSSR count). The topological polar surface area (TPSA) is 85.2 Å². The summed E-state index contributed by atoms with van der Waals surface area (Å²) in [7, 11) is 0. The molecule has 0 spiro atoms. The number of ether oxygens (including phenoxy) is 1. The van der Waals surface area contributed by atoms with E-state index in [0.717, 1.165) is 28.7 Å². The summed E-state index contributed by atoms with van der Waals surface area (Å²) in [5.74, 6) is 0.366. The van der Waals surface area contributed by atoms with Crippen molar-refractivity contribution >= 4 is 17.3 Å². The Bertz CT molecular complexity index is 926. The molecule has 0 amide bonds. The Morgan fingerprint density at radius 2 is 1.83 bits per heavy atom. The standard InChI is InChI=1S/C23H29NO5/c1-6-8-16(24-29-7-2)22-17(25)9-15(10-18(22)26)20-12(3)13(4)23-21(14(20)5)19(27)11-28-23/h15,25H,6-11H2,1-5H3. The highest BCUT2D eigenvalue weighted by Crippen LogP contribution is 2.44. The van der Waals surface area contributed by atoms with E-state index in [4.69, 9.17) is 9.57 Å². The summed E-state index contributed by atoms with van der Waals surface area (Å²) < 4.78 is 5.60. The van der Waals surface area contributed by atoms with Crippen molar-refractivity contribution in [2.45, 2.75) is 66.2 Å². The van der Waals surface area contributed by atoms with Crippen LogP contribution in [0.2, 0.25) is 0 Å². The number of carbonyl (C=O) groups is 2. The largest absolute Gasteiger partial charge is 0.511 e. The molecular formula is C23H29NO5. The van der Waals surface area contributed by atoms with Crippen LogP contribution in [0.25, 0.3) is 0 Å². The predicted octanol–water partition coefficient (Wildman–Crippen LogP) is 4.64. The molecule has 29 heavy (non-hydrogen) atoms. The second-order valence-corrected chi connectivity index (χ2v) is 7.76. The van der Waals surface area contributed by atoms with Gasteiger partial charge in [0, 0.05) is 12.8 Å². The van der Waals surface area contributed by atoms with Gasteiger partial charge in [-0.3, -0.25) is 9.59 Å². The number of ketones is 2. The Labute approximate surface area is 171 Å². The molecule has 0 fully saturated rings. The number of benzene rings is 1. The molecule has 156 valence electrons. The van der Waals surface area contributed by atoms with Gasteiger partial charge in [0.1, 0.15) is 18.1 Å². The first-order valence-electron chi connectivity index (χ1n) is 10.3. The van der Waals surface area contributed by atoms with E-state index in [2.05, 4.69) is 5.16 Å². The van der Waals surface area contributed by atoms with Crippen molar-refractivity contribution < 1.29 is 24.3 Å². The van der Waals surface area contributed by atoms with Crippen LogP contribution in [0.15, 0.2) is 16.5 Å². The fourth-order valence-electron chi connectivity index (χ4n) is 4.51. The molecule has 0 radical (unpaired) electrons. The number of nitrogens with zero attached hydrogens (tertiary/aromatic N) is 1. The van der Waals surface area contributed by atoms with Gasteiger partial charge in [0.15, 0.2) is 12.4 Å². The second kappa shape index (κ2) is 8.39. The first kappa shape index (κ1) is 21.1. The molecule has 0 saturated carbocycles. The normalized spacial score (nSPS) is 19.5. The van der Waals surface area contributed by atoms with Crippen molar-refractivity contribution in [3.05, 3.63) is 39.1 Å². The van der Waals surface area contributed by atoms with Crippen molar-refractivity contribution in [1.82, 2.24) is 0 Å². The van der Waals surface area contributed by atoms with Gasteiger partial charge < -0.3 is 14.7 Å². The fourth-order valence-corrected chi connectivity index (χ4v) is 4.51. The van der Waals surface area contributed by atoms with Crippen LogP contribution in [0.3, 0.4) is 0 Å². The van der Waals surface area contributed by atoms with Gasteiger partial charge in [0.25, 0.3) is 0 Å². The highest BCUT2D eigenvalue weighted by molar-refractivity contribution is 6.23. The molecule has 1 N–H and O–H groups in total. The SMILES string of the molecule is CCCC(=NOCC)C1=C(O)CC(c2c(C)c(C)c3c(c2C)C(=O)CO3)CC1=O. The van der Waals surface area contributed by atoms with Crippen molar-refractivity contribution in [2.24, 2.45) is 5.16 Å². The number of hydrogen-bond donors (Lipinski definition) is 1. The van der Waals surface area contributed by atoms with E-state index in [0.29, 0.717) is 42.0 Å². The van der Waals surface area contributed by atoms with Crippen LogP contribution in [0.1, 0.15) is 78.1 Å². The maximum absolute atomic E-state index is 13.0. The Morgan fingerprint density at radius 1 is 1.10 bits per heavy atom. The van der Waals surface area contributed by atoms with Gasteiger partial charge in [-0.25, -0.2) is 0 Å². The van der Waals surface area contributed by atoms with E-state index >= 15 is 0 Å². The molecule has 1 heterocycles. The third-order valence-electron chi connectivity index (χ3n) is 5.87. The molecule has 0 aromatic heterocycles. The lowest BCUT2D eigenvalue weighted by Gasteiger charge is -2.28. The van der Waals surface area contributed by atoms with Gasteiger partial charge >= 0.3 is 0 Å². The number of carbonyl (C=O) groups excluding carboxylic acids is 2. The lowest BCUT2D eigenvalue weighted by atomic mass is 9.76. The molecule has 1 atom stereocenters. The summed E-state index contributed by atoms with van der Waals surface area (Å²) in [6.07, 6.45) is 1.97. The van der Waals surface area contributed by atoms with E-state index in [-0.39, 0.29) is 36.3 Å². The smallest absolute Gasteiger partial charge is 0.204 e. The Hall–Kier alpha value is -2.63. The Kier molecular flexibility index (Phi) is 6.10. The minimum absolute atomic E-state index is 0.0291. The van der Waals surface area contributed by atoms with Crippen LogP contribution >= 0.6 is 0 Å². The van der Waals surface area contributed by atoms with E-state index in [9.17, 15) is 14.7 Å². The zero-order valence-electron chi connectivity index (χ0n) is 17.8. The summed E-state index contributed by atoms with van der Waals surface area (Å²) in [5, 5.41) is 14.9. The molecule has 0 saturated heterocycles. The lowest BCUT2D eigenvalue weighted by molar-refractivity contribution is -0.116. The minimum atomic E-state index is -0.182. The average molecular weight is 399 g/mol. The van der Waals surface area contributed by atoms with Crippen LogP contribution in [0.5, 0.6) is 5.75 Å². The molecule has 2 aliphatic rings. The maximum Gasteiger partial charge on any atom is 0.204 e. The third kappa shape index (κ3) is 3.68.